The van der Waals surface area contributed by atoms with E-state index < -0.39 is 0 Å². The van der Waals surface area contributed by atoms with Gasteiger partial charge in [0.25, 0.3) is 0 Å². The fraction of sp³-hybridized carbons (Fsp3) is 0.357. The minimum atomic E-state index is 0.0561. The van der Waals surface area contributed by atoms with Crippen LogP contribution >= 0.6 is 0 Å². The molecule has 0 radical (unpaired) electrons. The summed E-state index contributed by atoms with van der Waals surface area (Å²) >= 11 is 0. The zero-order valence-corrected chi connectivity index (χ0v) is 10.8. The Morgan fingerprint density at radius 3 is 2.83 bits per heavy atom. The summed E-state index contributed by atoms with van der Waals surface area (Å²) in [5, 5.41) is 13.3. The summed E-state index contributed by atoms with van der Waals surface area (Å²) in [5.74, 6) is 1.50. The van der Waals surface area contributed by atoms with Crippen LogP contribution in [0.3, 0.4) is 0 Å². The van der Waals surface area contributed by atoms with Gasteiger partial charge in [0.2, 0.25) is 0 Å². The van der Waals surface area contributed by atoms with E-state index in [1.54, 1.807) is 6.20 Å². The second-order valence-electron chi connectivity index (χ2n) is 4.29. The first kappa shape index (κ1) is 12.6. The molecule has 0 aliphatic rings. The third kappa shape index (κ3) is 2.90. The highest BCUT2D eigenvalue weighted by molar-refractivity contribution is 5.36. The fourth-order valence-corrected chi connectivity index (χ4v) is 1.79. The first-order chi connectivity index (χ1) is 8.72. The summed E-state index contributed by atoms with van der Waals surface area (Å²) in [5.41, 5.74) is 1.94. The van der Waals surface area contributed by atoms with Crippen molar-refractivity contribution in [3.05, 3.63) is 41.7 Å². The third-order valence-electron chi connectivity index (χ3n) is 2.78. The van der Waals surface area contributed by atoms with Crippen LogP contribution in [0.1, 0.15) is 24.5 Å². The standard InChI is InChI=1S/C14H18N2O2/c1-3-6-16-9-14(8-15-16)18-13-5-4-12(10-17)11(2)7-13/h4-5,7-9,17H,3,6,10H2,1-2H3. The molecule has 0 aliphatic heterocycles. The lowest BCUT2D eigenvalue weighted by Gasteiger charge is -2.06. The Balaban J connectivity index is 2.10. The summed E-state index contributed by atoms with van der Waals surface area (Å²) in [6.45, 7) is 5.02. The molecule has 0 unspecified atom stereocenters. The van der Waals surface area contributed by atoms with Gasteiger partial charge < -0.3 is 9.84 Å². The van der Waals surface area contributed by atoms with E-state index in [0.29, 0.717) is 0 Å². The molecule has 1 aromatic carbocycles. The predicted molar refractivity (Wildman–Crippen MR) is 69.7 cm³/mol. The average Bonchev–Trinajstić information content (AvgIpc) is 2.77. The number of nitrogens with zero attached hydrogens (tertiary/aromatic N) is 2. The van der Waals surface area contributed by atoms with Gasteiger partial charge in [0.05, 0.1) is 19.0 Å². The third-order valence-corrected chi connectivity index (χ3v) is 2.78. The molecular weight excluding hydrogens is 228 g/mol. The van der Waals surface area contributed by atoms with Crippen molar-refractivity contribution in [2.75, 3.05) is 0 Å². The van der Waals surface area contributed by atoms with E-state index in [1.165, 1.54) is 0 Å². The van der Waals surface area contributed by atoms with Gasteiger partial charge >= 0.3 is 0 Å². The molecule has 4 heteroatoms. The van der Waals surface area contributed by atoms with E-state index in [4.69, 9.17) is 9.84 Å². The minimum Gasteiger partial charge on any atom is -0.454 e. The van der Waals surface area contributed by atoms with E-state index in [9.17, 15) is 0 Å². The van der Waals surface area contributed by atoms with Crippen LogP contribution in [0.5, 0.6) is 11.5 Å². The zero-order valence-electron chi connectivity index (χ0n) is 10.8. The molecule has 1 heterocycles. The van der Waals surface area contributed by atoms with Gasteiger partial charge in [-0.25, -0.2) is 0 Å². The van der Waals surface area contributed by atoms with Gasteiger partial charge in [0.15, 0.2) is 5.75 Å². The van der Waals surface area contributed by atoms with Crippen LogP contribution < -0.4 is 4.74 Å². The molecular formula is C14H18N2O2. The maximum absolute atomic E-state index is 9.11. The Morgan fingerprint density at radius 2 is 2.17 bits per heavy atom. The maximum Gasteiger partial charge on any atom is 0.165 e. The number of benzene rings is 1. The molecule has 0 aliphatic carbocycles. The van der Waals surface area contributed by atoms with Gasteiger partial charge in [-0.15, -0.1) is 0 Å². The molecule has 4 nitrogen and oxygen atoms in total. The smallest absolute Gasteiger partial charge is 0.165 e. The average molecular weight is 246 g/mol. The Hall–Kier alpha value is -1.81. The number of aliphatic hydroxyl groups excluding tert-OH is 1. The topological polar surface area (TPSA) is 47.3 Å². The van der Waals surface area contributed by atoms with E-state index in [-0.39, 0.29) is 6.61 Å². The predicted octanol–water partition coefficient (Wildman–Crippen LogP) is 2.89. The van der Waals surface area contributed by atoms with Crippen LogP contribution in [0.2, 0.25) is 0 Å². The van der Waals surface area contributed by atoms with Crippen molar-refractivity contribution < 1.29 is 9.84 Å². The first-order valence-corrected chi connectivity index (χ1v) is 6.13. The summed E-state index contributed by atoms with van der Waals surface area (Å²) in [4.78, 5) is 0. The van der Waals surface area contributed by atoms with Gasteiger partial charge in [-0.1, -0.05) is 13.0 Å². The van der Waals surface area contributed by atoms with E-state index >= 15 is 0 Å². The normalized spacial score (nSPS) is 10.6. The molecule has 0 saturated carbocycles. The molecule has 0 atom stereocenters. The lowest BCUT2D eigenvalue weighted by atomic mass is 10.1. The van der Waals surface area contributed by atoms with Gasteiger partial charge in [0, 0.05) is 6.54 Å². The van der Waals surface area contributed by atoms with E-state index in [2.05, 4.69) is 12.0 Å². The van der Waals surface area contributed by atoms with Gasteiger partial charge in [-0.2, -0.15) is 5.10 Å². The molecule has 0 amide bonds. The second-order valence-corrected chi connectivity index (χ2v) is 4.29. The highest BCUT2D eigenvalue weighted by Gasteiger charge is 2.03. The molecule has 2 aromatic rings. The monoisotopic (exact) mass is 246 g/mol. The Bertz CT molecular complexity index is 520. The lowest BCUT2D eigenvalue weighted by molar-refractivity contribution is 0.281. The van der Waals surface area contributed by atoms with Crippen LogP contribution in [0.4, 0.5) is 0 Å². The molecule has 1 N–H and O–H groups in total. The van der Waals surface area contributed by atoms with Crippen molar-refractivity contribution >= 4 is 0 Å². The van der Waals surface area contributed by atoms with Crippen molar-refractivity contribution in [2.45, 2.75) is 33.4 Å². The maximum atomic E-state index is 9.11. The molecule has 0 bridgehead atoms. The Labute approximate surface area is 107 Å². The number of hydrogen-bond acceptors (Lipinski definition) is 3. The molecule has 96 valence electrons. The van der Waals surface area contributed by atoms with Crippen molar-refractivity contribution in [1.82, 2.24) is 9.78 Å². The summed E-state index contributed by atoms with van der Waals surface area (Å²) in [6, 6.07) is 5.65. The molecule has 0 spiro atoms. The molecule has 18 heavy (non-hydrogen) atoms. The molecule has 0 saturated heterocycles. The zero-order chi connectivity index (χ0) is 13.0. The largest absolute Gasteiger partial charge is 0.454 e. The fourth-order valence-electron chi connectivity index (χ4n) is 1.79. The molecule has 0 fully saturated rings. The van der Waals surface area contributed by atoms with Crippen LogP contribution in [0, 0.1) is 6.92 Å². The second kappa shape index (κ2) is 5.69. The summed E-state index contributed by atoms with van der Waals surface area (Å²) in [7, 11) is 0. The number of aliphatic hydroxyl groups is 1. The van der Waals surface area contributed by atoms with Crippen LogP contribution in [0.15, 0.2) is 30.6 Å². The highest BCUT2D eigenvalue weighted by Crippen LogP contribution is 2.23. The van der Waals surface area contributed by atoms with Crippen LogP contribution in [-0.4, -0.2) is 14.9 Å². The van der Waals surface area contributed by atoms with E-state index in [0.717, 1.165) is 35.6 Å². The minimum absolute atomic E-state index is 0.0561. The van der Waals surface area contributed by atoms with Crippen molar-refractivity contribution in [3.8, 4) is 11.5 Å². The van der Waals surface area contributed by atoms with Gasteiger partial charge in [0.1, 0.15) is 5.75 Å². The quantitative estimate of drug-likeness (QED) is 0.882. The Morgan fingerprint density at radius 1 is 1.33 bits per heavy atom. The molecule has 1 aromatic heterocycles. The summed E-state index contributed by atoms with van der Waals surface area (Å²) in [6.07, 6.45) is 4.65. The highest BCUT2D eigenvalue weighted by atomic mass is 16.5. The lowest BCUT2D eigenvalue weighted by Crippen LogP contribution is -1.95. The number of rotatable bonds is 5. The summed E-state index contributed by atoms with van der Waals surface area (Å²) < 4.78 is 7.59. The van der Waals surface area contributed by atoms with Gasteiger partial charge in [-0.05, 0) is 36.6 Å². The Kier molecular flexibility index (Phi) is 3.99. The van der Waals surface area contributed by atoms with E-state index in [1.807, 2.05) is 36.0 Å². The first-order valence-electron chi connectivity index (χ1n) is 6.13. The van der Waals surface area contributed by atoms with Crippen molar-refractivity contribution in [2.24, 2.45) is 0 Å². The van der Waals surface area contributed by atoms with Crippen molar-refractivity contribution in [3.63, 3.8) is 0 Å². The number of ether oxygens (including phenoxy) is 1. The number of aryl methyl sites for hydroxylation is 2. The van der Waals surface area contributed by atoms with Crippen LogP contribution in [-0.2, 0) is 13.2 Å². The SMILES string of the molecule is CCCn1cc(Oc2ccc(CO)c(C)c2)cn1. The molecule has 2 rings (SSSR count). The van der Waals surface area contributed by atoms with Crippen molar-refractivity contribution in [1.29, 1.82) is 0 Å². The number of aromatic nitrogens is 2. The van der Waals surface area contributed by atoms with Crippen LogP contribution in [0.25, 0.3) is 0 Å². The van der Waals surface area contributed by atoms with Gasteiger partial charge in [-0.3, -0.25) is 4.68 Å². The number of hydrogen-bond donors (Lipinski definition) is 1.